The Hall–Kier alpha value is -2.17. The number of benzene rings is 2. The van der Waals surface area contributed by atoms with Gasteiger partial charge in [-0.15, -0.1) is 0 Å². The lowest BCUT2D eigenvalue weighted by molar-refractivity contribution is -0.151. The third-order valence-corrected chi connectivity index (χ3v) is 6.79. The first-order valence-electron chi connectivity index (χ1n) is 12.2. The number of hydrogen-bond donors (Lipinski definition) is 4. The monoisotopic (exact) mass is 503 g/mol. The maximum absolute atomic E-state index is 13.1. The van der Waals surface area contributed by atoms with Crippen LogP contribution in [0.2, 0.25) is 0 Å². The molecule has 1 amide bonds. The van der Waals surface area contributed by atoms with Crippen LogP contribution in [0.1, 0.15) is 24.8 Å². The van der Waals surface area contributed by atoms with Crippen molar-refractivity contribution in [1.82, 2.24) is 15.5 Å². The molecule has 0 aromatic heterocycles. The van der Waals surface area contributed by atoms with Gasteiger partial charge in [-0.25, -0.2) is 4.79 Å². The zero-order valence-electron chi connectivity index (χ0n) is 20.3. The number of aliphatic hydroxyl groups excluding tert-OH is 2. The molecule has 0 saturated carbocycles. The largest absolute Gasteiger partial charge is 0.461 e. The number of amides is 1. The second kappa shape index (κ2) is 14.4. The summed E-state index contributed by atoms with van der Waals surface area (Å²) in [5, 5.41) is 27.1. The highest BCUT2D eigenvalue weighted by Crippen LogP contribution is 2.20. The lowest BCUT2D eigenvalue weighted by atomic mass is 10.0. The lowest BCUT2D eigenvalue weighted by Gasteiger charge is -2.27. The Morgan fingerprint density at radius 1 is 1.26 bits per heavy atom. The van der Waals surface area contributed by atoms with Gasteiger partial charge in [-0.3, -0.25) is 9.69 Å². The van der Waals surface area contributed by atoms with Gasteiger partial charge < -0.3 is 25.6 Å². The molecule has 1 saturated heterocycles. The van der Waals surface area contributed by atoms with Gasteiger partial charge in [0.2, 0.25) is 5.91 Å². The highest BCUT2D eigenvalue weighted by Gasteiger charge is 2.25. The summed E-state index contributed by atoms with van der Waals surface area (Å²) in [5.74, 6) is -0.166. The maximum atomic E-state index is 13.1. The first-order chi connectivity index (χ1) is 17.0. The van der Waals surface area contributed by atoms with Crippen molar-refractivity contribution in [3.63, 3.8) is 0 Å². The summed E-state index contributed by atoms with van der Waals surface area (Å²) in [7, 11) is 0. The number of esters is 1. The van der Waals surface area contributed by atoms with Crippen LogP contribution in [0, 0.1) is 0 Å². The Morgan fingerprint density at radius 2 is 2.06 bits per heavy atom. The highest BCUT2D eigenvalue weighted by molar-refractivity contribution is 7.98. The summed E-state index contributed by atoms with van der Waals surface area (Å²) in [6, 6.07) is 14.0. The van der Waals surface area contributed by atoms with Gasteiger partial charge in [0.15, 0.2) is 0 Å². The Bertz CT molecular complexity index is 948. The number of thioether (sulfide) groups is 1. The number of hydrogen-bond acceptors (Lipinski definition) is 8. The van der Waals surface area contributed by atoms with Crippen LogP contribution in [0.15, 0.2) is 42.5 Å². The van der Waals surface area contributed by atoms with E-state index < -0.39 is 24.7 Å². The Labute approximate surface area is 211 Å². The molecular weight excluding hydrogens is 466 g/mol. The molecule has 8 nitrogen and oxygen atoms in total. The van der Waals surface area contributed by atoms with Gasteiger partial charge in [0, 0.05) is 19.1 Å². The standard InChI is InChI=1S/C26H37N3O5S/c1-35-13-11-24(26(33)34-18-22(31)17-30)28-25(32)16-29(15-21-9-5-12-27-21)14-20-8-4-7-19-6-2-3-10-23(19)20/h2-4,6-8,10,21-22,24,27,30-31H,5,9,11-18H2,1H3,(H,28,32)/t21-,22?,24-/m0/s1. The smallest absolute Gasteiger partial charge is 0.328 e. The Morgan fingerprint density at radius 3 is 2.80 bits per heavy atom. The molecule has 1 aliphatic rings. The summed E-state index contributed by atoms with van der Waals surface area (Å²) in [4.78, 5) is 27.8. The number of ether oxygens (including phenoxy) is 1. The van der Waals surface area contributed by atoms with Gasteiger partial charge in [0.1, 0.15) is 18.8 Å². The fourth-order valence-electron chi connectivity index (χ4n) is 4.34. The van der Waals surface area contributed by atoms with Gasteiger partial charge >= 0.3 is 5.97 Å². The van der Waals surface area contributed by atoms with Crippen LogP contribution < -0.4 is 10.6 Å². The van der Waals surface area contributed by atoms with Crippen molar-refractivity contribution in [2.24, 2.45) is 0 Å². The van der Waals surface area contributed by atoms with Crippen LogP contribution in [0.4, 0.5) is 0 Å². The number of carbonyl (C=O) groups excluding carboxylic acids is 2. The van der Waals surface area contributed by atoms with Crippen LogP contribution in [0.3, 0.4) is 0 Å². The van der Waals surface area contributed by atoms with Crippen molar-refractivity contribution in [2.45, 2.75) is 44.0 Å². The third-order valence-electron chi connectivity index (χ3n) is 6.14. The minimum Gasteiger partial charge on any atom is -0.461 e. The first kappa shape index (κ1) is 27.4. The van der Waals surface area contributed by atoms with Crippen LogP contribution in [0.25, 0.3) is 10.8 Å². The van der Waals surface area contributed by atoms with Crippen molar-refractivity contribution >= 4 is 34.4 Å². The molecule has 0 radical (unpaired) electrons. The molecule has 1 heterocycles. The minimum atomic E-state index is -1.13. The van der Waals surface area contributed by atoms with Crippen LogP contribution in [-0.2, 0) is 20.9 Å². The van der Waals surface area contributed by atoms with Gasteiger partial charge in [-0.1, -0.05) is 42.5 Å². The quantitative estimate of drug-likeness (QED) is 0.287. The number of nitrogens with zero attached hydrogens (tertiary/aromatic N) is 1. The zero-order chi connectivity index (χ0) is 25.0. The summed E-state index contributed by atoms with van der Waals surface area (Å²) in [6.07, 6.45) is 3.42. The van der Waals surface area contributed by atoms with Crippen molar-refractivity contribution in [3.05, 3.63) is 48.0 Å². The van der Waals surface area contributed by atoms with Crippen LogP contribution in [0.5, 0.6) is 0 Å². The molecule has 192 valence electrons. The molecule has 9 heteroatoms. The molecule has 3 atom stereocenters. The molecule has 0 aliphatic carbocycles. The van der Waals surface area contributed by atoms with Crippen molar-refractivity contribution in [3.8, 4) is 0 Å². The van der Waals surface area contributed by atoms with Crippen LogP contribution in [-0.4, -0.2) is 90.0 Å². The molecule has 2 aromatic rings. The molecule has 1 unspecified atom stereocenters. The molecular formula is C26H37N3O5S. The Balaban J connectivity index is 1.68. The third kappa shape index (κ3) is 8.77. The molecule has 1 aliphatic heterocycles. The van der Waals surface area contributed by atoms with E-state index in [1.165, 1.54) is 10.8 Å². The molecule has 3 rings (SSSR count). The topological polar surface area (TPSA) is 111 Å². The summed E-state index contributed by atoms with van der Waals surface area (Å²) < 4.78 is 5.11. The van der Waals surface area contributed by atoms with Gasteiger partial charge in [0.05, 0.1) is 13.2 Å². The summed E-state index contributed by atoms with van der Waals surface area (Å²) in [6.45, 7) is 1.70. The van der Waals surface area contributed by atoms with Crippen molar-refractivity contribution < 1.29 is 24.5 Å². The molecule has 35 heavy (non-hydrogen) atoms. The first-order valence-corrected chi connectivity index (χ1v) is 13.6. The van der Waals surface area contributed by atoms with E-state index in [4.69, 9.17) is 9.84 Å². The van der Waals surface area contributed by atoms with Gasteiger partial charge in [-0.05, 0) is 54.2 Å². The fourth-order valence-corrected chi connectivity index (χ4v) is 4.81. The van der Waals surface area contributed by atoms with Gasteiger partial charge in [0.25, 0.3) is 0 Å². The van der Waals surface area contributed by atoms with Crippen molar-refractivity contribution in [2.75, 3.05) is 44.9 Å². The minimum absolute atomic E-state index is 0.156. The number of nitrogens with one attached hydrogen (secondary N) is 2. The number of rotatable bonds is 14. The lowest BCUT2D eigenvalue weighted by Crippen LogP contribution is -2.48. The van der Waals surface area contributed by atoms with E-state index >= 15 is 0 Å². The summed E-state index contributed by atoms with van der Waals surface area (Å²) in [5.41, 5.74) is 1.16. The van der Waals surface area contributed by atoms with Crippen molar-refractivity contribution in [1.29, 1.82) is 0 Å². The molecule has 1 fully saturated rings. The molecule has 4 N–H and O–H groups in total. The van der Waals surface area contributed by atoms with E-state index in [-0.39, 0.29) is 19.1 Å². The molecule has 0 spiro atoms. The fraction of sp³-hybridized carbons (Fsp3) is 0.538. The number of carbonyl (C=O) groups is 2. The zero-order valence-corrected chi connectivity index (χ0v) is 21.1. The second-order valence-electron chi connectivity index (χ2n) is 8.97. The number of aliphatic hydroxyl groups is 2. The van der Waals surface area contributed by atoms with E-state index in [1.54, 1.807) is 11.8 Å². The van der Waals surface area contributed by atoms with E-state index in [2.05, 4.69) is 39.8 Å². The molecule has 0 bridgehead atoms. The second-order valence-corrected chi connectivity index (χ2v) is 9.95. The van der Waals surface area contributed by atoms with E-state index in [1.807, 2.05) is 24.5 Å². The average molecular weight is 504 g/mol. The predicted molar refractivity (Wildman–Crippen MR) is 139 cm³/mol. The average Bonchev–Trinajstić information content (AvgIpc) is 3.38. The van der Waals surface area contributed by atoms with Crippen LogP contribution >= 0.6 is 11.8 Å². The maximum Gasteiger partial charge on any atom is 0.328 e. The number of fused-ring (bicyclic) bond motifs is 1. The Kier molecular flexibility index (Phi) is 11.3. The summed E-state index contributed by atoms with van der Waals surface area (Å²) >= 11 is 1.57. The molecule has 2 aromatic carbocycles. The van der Waals surface area contributed by atoms with E-state index in [9.17, 15) is 14.7 Å². The predicted octanol–water partition coefficient (Wildman–Crippen LogP) is 1.53. The van der Waals surface area contributed by atoms with E-state index in [0.29, 0.717) is 24.8 Å². The SMILES string of the molecule is CSCC[C@H](NC(=O)CN(Cc1cccc2ccccc12)C[C@@H]1CCCN1)C(=O)OCC(O)CO. The van der Waals surface area contributed by atoms with Gasteiger partial charge in [-0.2, -0.15) is 11.8 Å². The van der Waals surface area contributed by atoms with E-state index in [0.717, 1.165) is 31.5 Å². The normalized spacial score (nSPS) is 17.4. The highest BCUT2D eigenvalue weighted by atomic mass is 32.2.